The average molecular weight is 154 g/mol. The van der Waals surface area contributed by atoms with Gasteiger partial charge in [0.1, 0.15) is 5.83 Å². The van der Waals surface area contributed by atoms with Crippen LogP contribution < -0.4 is 0 Å². The molecule has 62 valence electrons. The van der Waals surface area contributed by atoms with Crippen molar-refractivity contribution >= 4 is 0 Å². The van der Waals surface area contributed by atoms with Crippen LogP contribution in [0.4, 0.5) is 4.39 Å². The topological polar surface area (TPSA) is 0 Å². The Labute approximate surface area is 68.1 Å². The number of allylic oxidation sites excluding steroid dienone is 5. The van der Waals surface area contributed by atoms with E-state index < -0.39 is 5.83 Å². The molecular formula is C10H15F. The van der Waals surface area contributed by atoms with Crippen LogP contribution in [-0.4, -0.2) is 0 Å². The molecule has 0 aliphatic rings. The van der Waals surface area contributed by atoms with Crippen LogP contribution >= 0.6 is 0 Å². The molecule has 0 aliphatic heterocycles. The fourth-order valence-electron chi connectivity index (χ4n) is 0.809. The molecule has 0 spiro atoms. The molecule has 0 nitrogen and oxygen atoms in total. The van der Waals surface area contributed by atoms with E-state index in [9.17, 15) is 4.39 Å². The molecule has 0 radical (unpaired) electrons. The quantitative estimate of drug-likeness (QED) is 0.544. The Morgan fingerprint density at radius 3 is 2.18 bits per heavy atom. The molecule has 0 saturated carbocycles. The average Bonchev–Trinajstić information content (AvgIpc) is 1.87. The van der Waals surface area contributed by atoms with Gasteiger partial charge in [0.05, 0.1) is 0 Å². The van der Waals surface area contributed by atoms with Gasteiger partial charge in [0.15, 0.2) is 0 Å². The molecule has 0 aromatic rings. The van der Waals surface area contributed by atoms with E-state index >= 15 is 0 Å². The van der Waals surface area contributed by atoms with Gasteiger partial charge in [-0.05, 0) is 24.5 Å². The van der Waals surface area contributed by atoms with Crippen LogP contribution in [0.5, 0.6) is 0 Å². The van der Waals surface area contributed by atoms with Crippen molar-refractivity contribution in [3.8, 4) is 0 Å². The van der Waals surface area contributed by atoms with Crippen molar-refractivity contribution in [2.24, 2.45) is 5.92 Å². The molecule has 0 fully saturated rings. The first-order chi connectivity index (χ1) is 5.07. The predicted molar refractivity (Wildman–Crippen MR) is 48.0 cm³/mol. The summed E-state index contributed by atoms with van der Waals surface area (Å²) in [5.41, 5.74) is 1.13. The van der Waals surface area contributed by atoms with Gasteiger partial charge in [-0.25, -0.2) is 4.39 Å². The third-order valence-corrected chi connectivity index (χ3v) is 1.46. The van der Waals surface area contributed by atoms with E-state index in [0.717, 1.165) is 5.57 Å². The second kappa shape index (κ2) is 4.89. The summed E-state index contributed by atoms with van der Waals surface area (Å²) in [6, 6.07) is 0. The number of halogens is 1. The highest BCUT2D eigenvalue weighted by molar-refractivity contribution is 5.24. The molecule has 0 aliphatic carbocycles. The monoisotopic (exact) mass is 154 g/mol. The van der Waals surface area contributed by atoms with Crippen LogP contribution in [0.15, 0.2) is 36.2 Å². The van der Waals surface area contributed by atoms with Crippen LogP contribution in [0.1, 0.15) is 20.8 Å². The summed E-state index contributed by atoms with van der Waals surface area (Å²) in [6.07, 6.45) is 5.12. The van der Waals surface area contributed by atoms with Crippen molar-refractivity contribution < 1.29 is 4.39 Å². The van der Waals surface area contributed by atoms with Crippen molar-refractivity contribution in [2.75, 3.05) is 0 Å². The van der Waals surface area contributed by atoms with Crippen LogP contribution in [0, 0.1) is 5.92 Å². The maximum Gasteiger partial charge on any atom is 0.116 e. The van der Waals surface area contributed by atoms with Crippen molar-refractivity contribution in [3.63, 3.8) is 0 Å². The lowest BCUT2D eigenvalue weighted by Crippen LogP contribution is -1.88. The molecule has 0 aromatic carbocycles. The Morgan fingerprint density at radius 2 is 1.91 bits per heavy atom. The summed E-state index contributed by atoms with van der Waals surface area (Å²) in [4.78, 5) is 0. The molecule has 1 heteroatoms. The highest BCUT2D eigenvalue weighted by Gasteiger charge is 1.95. The zero-order chi connectivity index (χ0) is 8.85. The highest BCUT2D eigenvalue weighted by atomic mass is 19.1. The molecule has 0 atom stereocenters. The van der Waals surface area contributed by atoms with Crippen molar-refractivity contribution in [2.45, 2.75) is 20.8 Å². The Hall–Kier alpha value is -0.850. The number of hydrogen-bond acceptors (Lipinski definition) is 0. The lowest BCUT2D eigenvalue weighted by molar-refractivity contribution is 0.670. The van der Waals surface area contributed by atoms with Gasteiger partial charge in [-0.1, -0.05) is 32.6 Å². The molecular weight excluding hydrogens is 139 g/mol. The largest absolute Gasteiger partial charge is 0.208 e. The smallest absolute Gasteiger partial charge is 0.116 e. The fourth-order valence-corrected chi connectivity index (χ4v) is 0.809. The van der Waals surface area contributed by atoms with E-state index in [-0.39, 0.29) is 0 Å². The first-order valence-corrected chi connectivity index (χ1v) is 3.76. The van der Waals surface area contributed by atoms with E-state index in [2.05, 4.69) is 20.4 Å². The summed E-state index contributed by atoms with van der Waals surface area (Å²) in [6.45, 7) is 9.23. The molecule has 0 unspecified atom stereocenters. The standard InChI is InChI=1S/C10H15F/c1-5-10(8(2)3)7-6-9(4)11/h5-8H,4H2,1-3H3/b7-6-,10-5+. The van der Waals surface area contributed by atoms with E-state index in [1.807, 2.05) is 13.0 Å². The third-order valence-electron chi connectivity index (χ3n) is 1.46. The predicted octanol–water partition coefficient (Wildman–Crippen LogP) is 3.63. The van der Waals surface area contributed by atoms with Crippen LogP contribution in [0.2, 0.25) is 0 Å². The minimum Gasteiger partial charge on any atom is -0.208 e. The van der Waals surface area contributed by atoms with Gasteiger partial charge in [-0.3, -0.25) is 0 Å². The van der Waals surface area contributed by atoms with Gasteiger partial charge >= 0.3 is 0 Å². The lowest BCUT2D eigenvalue weighted by Gasteiger charge is -2.03. The third kappa shape index (κ3) is 4.54. The van der Waals surface area contributed by atoms with Crippen LogP contribution in [-0.2, 0) is 0 Å². The van der Waals surface area contributed by atoms with Gasteiger partial charge in [0.25, 0.3) is 0 Å². The summed E-state index contributed by atoms with van der Waals surface area (Å²) in [5, 5.41) is 0. The fraction of sp³-hybridized carbons (Fsp3) is 0.400. The van der Waals surface area contributed by atoms with E-state index in [1.54, 1.807) is 6.08 Å². The summed E-state index contributed by atoms with van der Waals surface area (Å²) in [5.74, 6) is 0.0422. The summed E-state index contributed by atoms with van der Waals surface area (Å²) in [7, 11) is 0. The number of rotatable bonds is 3. The second-order valence-corrected chi connectivity index (χ2v) is 2.72. The Bertz CT molecular complexity index is 185. The Kier molecular flexibility index (Phi) is 4.51. The second-order valence-electron chi connectivity index (χ2n) is 2.72. The minimum absolute atomic E-state index is 0.398. The van der Waals surface area contributed by atoms with Gasteiger partial charge in [0, 0.05) is 0 Å². The SMILES string of the molecule is C=C(F)/C=C\C(=C/C)C(C)C. The molecule has 0 aromatic heterocycles. The van der Waals surface area contributed by atoms with Gasteiger partial charge in [-0.15, -0.1) is 0 Å². The molecule has 0 heterocycles. The first kappa shape index (κ1) is 10.2. The molecule has 0 N–H and O–H groups in total. The Balaban J connectivity index is 4.22. The zero-order valence-corrected chi connectivity index (χ0v) is 7.39. The maximum absolute atomic E-state index is 12.2. The summed E-state index contributed by atoms with van der Waals surface area (Å²) >= 11 is 0. The first-order valence-electron chi connectivity index (χ1n) is 3.76. The van der Waals surface area contributed by atoms with Crippen molar-refractivity contribution in [1.82, 2.24) is 0 Å². The Morgan fingerprint density at radius 1 is 1.36 bits per heavy atom. The van der Waals surface area contributed by atoms with Gasteiger partial charge in [-0.2, -0.15) is 0 Å². The lowest BCUT2D eigenvalue weighted by atomic mass is 10.0. The number of hydrogen-bond donors (Lipinski definition) is 0. The molecule has 0 rings (SSSR count). The van der Waals surface area contributed by atoms with E-state index in [0.29, 0.717) is 5.92 Å². The molecule has 0 amide bonds. The van der Waals surface area contributed by atoms with E-state index in [4.69, 9.17) is 0 Å². The van der Waals surface area contributed by atoms with Gasteiger partial charge < -0.3 is 0 Å². The van der Waals surface area contributed by atoms with Gasteiger partial charge in [0.2, 0.25) is 0 Å². The molecule has 0 saturated heterocycles. The van der Waals surface area contributed by atoms with Crippen LogP contribution in [0.3, 0.4) is 0 Å². The maximum atomic E-state index is 12.2. The normalized spacial score (nSPS) is 13.0. The summed E-state index contributed by atoms with van der Waals surface area (Å²) < 4.78 is 12.2. The van der Waals surface area contributed by atoms with Crippen LogP contribution in [0.25, 0.3) is 0 Å². The van der Waals surface area contributed by atoms with E-state index in [1.165, 1.54) is 6.08 Å². The zero-order valence-electron chi connectivity index (χ0n) is 7.39. The highest BCUT2D eigenvalue weighted by Crippen LogP contribution is 2.11. The van der Waals surface area contributed by atoms with Crippen molar-refractivity contribution in [3.05, 3.63) is 36.2 Å². The molecule has 11 heavy (non-hydrogen) atoms. The van der Waals surface area contributed by atoms with Crippen molar-refractivity contribution in [1.29, 1.82) is 0 Å². The minimum atomic E-state index is -0.398. The molecule has 0 bridgehead atoms.